The van der Waals surface area contributed by atoms with Crippen molar-refractivity contribution >= 4 is 0 Å². The van der Waals surface area contributed by atoms with Crippen molar-refractivity contribution in [2.45, 2.75) is 13.1 Å². The standard InChI is InChI=1S/C10H8F3N3/c1-7-5-15-16(6-7)8-2-3-14-9(4-8)10(11,12)13/h2-6H,1H3. The molecule has 0 saturated heterocycles. The highest BCUT2D eigenvalue weighted by Gasteiger charge is 2.32. The molecule has 3 nitrogen and oxygen atoms in total. The summed E-state index contributed by atoms with van der Waals surface area (Å²) >= 11 is 0. The second kappa shape index (κ2) is 3.62. The van der Waals surface area contributed by atoms with Crippen LogP contribution in [-0.4, -0.2) is 14.8 Å². The number of alkyl halides is 3. The van der Waals surface area contributed by atoms with Crippen molar-refractivity contribution in [1.29, 1.82) is 0 Å². The van der Waals surface area contributed by atoms with E-state index in [9.17, 15) is 13.2 Å². The van der Waals surface area contributed by atoms with Crippen LogP contribution < -0.4 is 0 Å². The summed E-state index contributed by atoms with van der Waals surface area (Å²) in [6.45, 7) is 1.81. The van der Waals surface area contributed by atoms with Gasteiger partial charge >= 0.3 is 6.18 Å². The SMILES string of the molecule is Cc1cnn(-c2ccnc(C(F)(F)F)c2)c1. The zero-order valence-corrected chi connectivity index (χ0v) is 8.36. The summed E-state index contributed by atoms with van der Waals surface area (Å²) in [5, 5.41) is 3.93. The van der Waals surface area contributed by atoms with Crippen molar-refractivity contribution in [3.63, 3.8) is 0 Å². The first kappa shape index (κ1) is 10.7. The van der Waals surface area contributed by atoms with E-state index >= 15 is 0 Å². The molecule has 0 spiro atoms. The third kappa shape index (κ3) is 2.05. The Kier molecular flexibility index (Phi) is 2.41. The zero-order valence-electron chi connectivity index (χ0n) is 8.36. The highest BCUT2D eigenvalue weighted by molar-refractivity contribution is 5.32. The molecule has 0 N–H and O–H groups in total. The number of hydrogen-bond acceptors (Lipinski definition) is 2. The van der Waals surface area contributed by atoms with Crippen LogP contribution in [0.15, 0.2) is 30.7 Å². The van der Waals surface area contributed by atoms with Crippen LogP contribution in [0.2, 0.25) is 0 Å². The van der Waals surface area contributed by atoms with Gasteiger partial charge in [0.2, 0.25) is 0 Å². The Morgan fingerprint density at radius 3 is 2.62 bits per heavy atom. The molecule has 0 radical (unpaired) electrons. The Morgan fingerprint density at radius 2 is 2.06 bits per heavy atom. The van der Waals surface area contributed by atoms with Gasteiger partial charge in [-0.25, -0.2) is 4.68 Å². The van der Waals surface area contributed by atoms with Gasteiger partial charge in [-0.05, 0) is 24.6 Å². The van der Waals surface area contributed by atoms with E-state index in [1.54, 1.807) is 12.4 Å². The van der Waals surface area contributed by atoms with Gasteiger partial charge in [-0.1, -0.05) is 0 Å². The van der Waals surface area contributed by atoms with Gasteiger partial charge in [0.25, 0.3) is 0 Å². The smallest absolute Gasteiger partial charge is 0.252 e. The van der Waals surface area contributed by atoms with Gasteiger partial charge in [0.05, 0.1) is 11.9 Å². The second-order valence-electron chi connectivity index (χ2n) is 3.36. The van der Waals surface area contributed by atoms with Gasteiger partial charge in [-0.3, -0.25) is 4.98 Å². The van der Waals surface area contributed by atoms with Crippen molar-refractivity contribution < 1.29 is 13.2 Å². The van der Waals surface area contributed by atoms with E-state index in [0.717, 1.165) is 17.8 Å². The quantitative estimate of drug-likeness (QED) is 0.749. The summed E-state index contributed by atoms with van der Waals surface area (Å²) in [5.74, 6) is 0. The fourth-order valence-electron chi connectivity index (χ4n) is 1.27. The first-order valence-corrected chi connectivity index (χ1v) is 4.52. The molecular formula is C10H8F3N3. The summed E-state index contributed by atoms with van der Waals surface area (Å²) in [6.07, 6.45) is -0.0868. The highest BCUT2D eigenvalue weighted by atomic mass is 19.4. The molecule has 0 fully saturated rings. The molecular weight excluding hydrogens is 219 g/mol. The molecule has 16 heavy (non-hydrogen) atoms. The lowest BCUT2D eigenvalue weighted by Gasteiger charge is -2.07. The lowest BCUT2D eigenvalue weighted by Crippen LogP contribution is -2.08. The molecule has 0 unspecified atom stereocenters. The summed E-state index contributed by atoms with van der Waals surface area (Å²) in [6, 6.07) is 2.44. The molecule has 2 heterocycles. The van der Waals surface area contributed by atoms with Gasteiger partial charge in [-0.15, -0.1) is 0 Å². The van der Waals surface area contributed by atoms with E-state index in [1.807, 2.05) is 6.92 Å². The van der Waals surface area contributed by atoms with E-state index in [0.29, 0.717) is 5.69 Å². The Bertz CT molecular complexity index is 502. The van der Waals surface area contributed by atoms with E-state index in [1.165, 1.54) is 10.7 Å². The number of nitrogens with zero attached hydrogens (tertiary/aromatic N) is 3. The molecule has 2 rings (SSSR count). The molecule has 0 aliphatic carbocycles. The van der Waals surface area contributed by atoms with Crippen molar-refractivity contribution in [3.05, 3.63) is 42.0 Å². The average molecular weight is 227 g/mol. The molecule has 0 atom stereocenters. The number of halogens is 3. The third-order valence-electron chi connectivity index (χ3n) is 2.01. The van der Waals surface area contributed by atoms with Crippen molar-refractivity contribution in [1.82, 2.24) is 14.8 Å². The van der Waals surface area contributed by atoms with E-state index in [2.05, 4.69) is 10.1 Å². The van der Waals surface area contributed by atoms with Gasteiger partial charge in [0.15, 0.2) is 0 Å². The van der Waals surface area contributed by atoms with Crippen LogP contribution >= 0.6 is 0 Å². The lowest BCUT2D eigenvalue weighted by molar-refractivity contribution is -0.141. The van der Waals surface area contributed by atoms with Crippen LogP contribution in [0.25, 0.3) is 5.69 Å². The minimum atomic E-state index is -4.43. The molecule has 0 saturated carbocycles. The van der Waals surface area contributed by atoms with Crippen LogP contribution in [0, 0.1) is 6.92 Å². The Labute approximate surface area is 89.5 Å². The maximum Gasteiger partial charge on any atom is 0.433 e. The first-order chi connectivity index (χ1) is 7.47. The van der Waals surface area contributed by atoms with Gasteiger partial charge in [0.1, 0.15) is 5.69 Å². The van der Waals surface area contributed by atoms with E-state index in [4.69, 9.17) is 0 Å². The lowest BCUT2D eigenvalue weighted by atomic mass is 10.3. The van der Waals surface area contributed by atoms with Gasteiger partial charge in [0, 0.05) is 12.4 Å². The number of hydrogen-bond donors (Lipinski definition) is 0. The zero-order chi connectivity index (χ0) is 11.8. The number of aryl methyl sites for hydroxylation is 1. The molecule has 0 amide bonds. The molecule has 0 bridgehead atoms. The molecule has 2 aromatic heterocycles. The highest BCUT2D eigenvalue weighted by Crippen LogP contribution is 2.28. The predicted molar refractivity (Wildman–Crippen MR) is 51.1 cm³/mol. The molecule has 0 aliphatic heterocycles. The molecule has 2 aromatic rings. The van der Waals surface area contributed by atoms with Crippen molar-refractivity contribution in [2.24, 2.45) is 0 Å². The molecule has 0 aromatic carbocycles. The Balaban J connectivity index is 2.44. The summed E-state index contributed by atoms with van der Waals surface area (Å²) in [7, 11) is 0. The van der Waals surface area contributed by atoms with Crippen LogP contribution in [0.3, 0.4) is 0 Å². The monoisotopic (exact) mass is 227 g/mol. The van der Waals surface area contributed by atoms with Crippen LogP contribution in [0.1, 0.15) is 11.3 Å². The Morgan fingerprint density at radius 1 is 1.31 bits per heavy atom. The summed E-state index contributed by atoms with van der Waals surface area (Å²) in [4.78, 5) is 3.28. The minimum Gasteiger partial charge on any atom is -0.252 e. The average Bonchev–Trinajstić information content (AvgIpc) is 2.64. The minimum absolute atomic E-state index is 0.343. The third-order valence-corrected chi connectivity index (χ3v) is 2.01. The molecule has 84 valence electrons. The maximum absolute atomic E-state index is 12.4. The van der Waals surface area contributed by atoms with Crippen LogP contribution in [0.5, 0.6) is 0 Å². The topological polar surface area (TPSA) is 30.7 Å². The van der Waals surface area contributed by atoms with Crippen LogP contribution in [-0.2, 0) is 6.18 Å². The van der Waals surface area contributed by atoms with Gasteiger partial charge < -0.3 is 0 Å². The van der Waals surface area contributed by atoms with Gasteiger partial charge in [-0.2, -0.15) is 18.3 Å². The Hall–Kier alpha value is -1.85. The first-order valence-electron chi connectivity index (χ1n) is 4.52. The normalized spacial score (nSPS) is 11.8. The van der Waals surface area contributed by atoms with Crippen LogP contribution in [0.4, 0.5) is 13.2 Å². The number of aromatic nitrogens is 3. The number of pyridine rings is 1. The maximum atomic E-state index is 12.4. The largest absolute Gasteiger partial charge is 0.433 e. The fraction of sp³-hybridized carbons (Fsp3) is 0.200. The van der Waals surface area contributed by atoms with Crippen molar-refractivity contribution in [3.8, 4) is 5.69 Å². The molecule has 6 heteroatoms. The number of rotatable bonds is 1. The second-order valence-corrected chi connectivity index (χ2v) is 3.36. The van der Waals surface area contributed by atoms with E-state index < -0.39 is 11.9 Å². The predicted octanol–water partition coefficient (Wildman–Crippen LogP) is 2.59. The van der Waals surface area contributed by atoms with E-state index in [-0.39, 0.29) is 0 Å². The fourth-order valence-corrected chi connectivity index (χ4v) is 1.27. The molecule has 0 aliphatic rings. The van der Waals surface area contributed by atoms with Crippen molar-refractivity contribution in [2.75, 3.05) is 0 Å². The summed E-state index contributed by atoms with van der Waals surface area (Å²) in [5.41, 5.74) is 0.305. The summed E-state index contributed by atoms with van der Waals surface area (Å²) < 4.78 is 38.6.